The second-order valence-corrected chi connectivity index (χ2v) is 6.05. The van der Waals surface area contributed by atoms with Crippen LogP contribution in [0.5, 0.6) is 0 Å². The predicted molar refractivity (Wildman–Crippen MR) is 74.4 cm³/mol. The Morgan fingerprint density at radius 3 is 2.35 bits per heavy atom. The smallest absolute Gasteiger partial charge is 0.0462 e. The topological polar surface area (TPSA) is 20.2 Å². The van der Waals surface area contributed by atoms with E-state index >= 15 is 0 Å². The summed E-state index contributed by atoms with van der Waals surface area (Å²) in [5, 5.41) is 9.31. The second kappa shape index (κ2) is 5.68. The zero-order chi connectivity index (χ0) is 13.1. The molecule has 1 rings (SSSR count). The van der Waals surface area contributed by atoms with E-state index in [0.29, 0.717) is 5.92 Å². The average molecular weight is 234 g/mol. The van der Waals surface area contributed by atoms with Crippen LogP contribution in [-0.4, -0.2) is 11.7 Å². The lowest BCUT2D eigenvalue weighted by atomic mass is 9.83. The first-order valence-corrected chi connectivity index (χ1v) is 6.59. The molecular formula is C16H26O. The van der Waals surface area contributed by atoms with E-state index in [9.17, 15) is 5.11 Å². The first-order valence-electron chi connectivity index (χ1n) is 6.59. The van der Waals surface area contributed by atoms with Gasteiger partial charge in [0.2, 0.25) is 0 Å². The summed E-state index contributed by atoms with van der Waals surface area (Å²) in [5.41, 5.74) is 4.30. The molecule has 0 aliphatic rings. The molecule has 0 radical (unpaired) electrons. The SMILES string of the molecule is CCC(CO)Cc1cc(C(C)(C)C)ccc1C. The molecule has 0 saturated carbocycles. The Balaban J connectivity index is 2.98. The lowest BCUT2D eigenvalue weighted by Crippen LogP contribution is -2.14. The van der Waals surface area contributed by atoms with Gasteiger partial charge in [-0.25, -0.2) is 0 Å². The molecule has 1 aromatic carbocycles. The highest BCUT2D eigenvalue weighted by Gasteiger charge is 2.16. The molecule has 0 spiro atoms. The van der Waals surface area contributed by atoms with Crippen LogP contribution in [0.3, 0.4) is 0 Å². The molecule has 0 aromatic heterocycles. The molecule has 1 unspecified atom stereocenters. The molecule has 0 aliphatic carbocycles. The van der Waals surface area contributed by atoms with Crippen LogP contribution in [0.15, 0.2) is 18.2 Å². The van der Waals surface area contributed by atoms with Crippen LogP contribution in [0.1, 0.15) is 50.8 Å². The van der Waals surface area contributed by atoms with Gasteiger partial charge in [-0.3, -0.25) is 0 Å². The zero-order valence-electron chi connectivity index (χ0n) is 11.9. The van der Waals surface area contributed by atoms with Crippen molar-refractivity contribution < 1.29 is 5.11 Å². The molecule has 0 saturated heterocycles. The van der Waals surface area contributed by atoms with Crippen LogP contribution >= 0.6 is 0 Å². The summed E-state index contributed by atoms with van der Waals surface area (Å²) >= 11 is 0. The van der Waals surface area contributed by atoms with E-state index in [1.54, 1.807) is 0 Å². The van der Waals surface area contributed by atoms with Crippen molar-refractivity contribution in [1.82, 2.24) is 0 Å². The molecule has 96 valence electrons. The molecule has 0 bridgehead atoms. The molecule has 17 heavy (non-hydrogen) atoms. The maximum atomic E-state index is 9.31. The first kappa shape index (κ1) is 14.2. The number of aryl methyl sites for hydroxylation is 1. The van der Waals surface area contributed by atoms with Crippen LogP contribution in [-0.2, 0) is 11.8 Å². The van der Waals surface area contributed by atoms with Crippen molar-refractivity contribution in [3.8, 4) is 0 Å². The molecule has 1 N–H and O–H groups in total. The summed E-state index contributed by atoms with van der Waals surface area (Å²) in [6, 6.07) is 6.74. The summed E-state index contributed by atoms with van der Waals surface area (Å²) in [4.78, 5) is 0. The van der Waals surface area contributed by atoms with Crippen molar-refractivity contribution in [2.75, 3.05) is 6.61 Å². The normalized spacial score (nSPS) is 13.8. The molecular weight excluding hydrogens is 208 g/mol. The molecule has 1 aromatic rings. The summed E-state index contributed by atoms with van der Waals surface area (Å²) in [6.45, 7) is 11.3. The van der Waals surface area contributed by atoms with E-state index in [0.717, 1.165) is 12.8 Å². The molecule has 0 fully saturated rings. The fraction of sp³-hybridized carbons (Fsp3) is 0.625. The number of hydrogen-bond acceptors (Lipinski definition) is 1. The Kier molecular flexibility index (Phi) is 4.76. The monoisotopic (exact) mass is 234 g/mol. The number of aliphatic hydroxyl groups is 1. The minimum atomic E-state index is 0.198. The molecule has 0 aliphatic heterocycles. The van der Waals surface area contributed by atoms with Gasteiger partial charge >= 0.3 is 0 Å². The second-order valence-electron chi connectivity index (χ2n) is 6.05. The van der Waals surface area contributed by atoms with Gasteiger partial charge in [0.25, 0.3) is 0 Å². The van der Waals surface area contributed by atoms with Crippen LogP contribution in [0.25, 0.3) is 0 Å². The highest BCUT2D eigenvalue weighted by molar-refractivity contribution is 5.34. The summed E-state index contributed by atoms with van der Waals surface area (Å²) in [7, 11) is 0. The number of aliphatic hydroxyl groups excluding tert-OH is 1. The van der Waals surface area contributed by atoms with Crippen molar-refractivity contribution in [2.45, 2.75) is 52.9 Å². The first-order chi connectivity index (χ1) is 7.88. The summed E-state index contributed by atoms with van der Waals surface area (Å²) in [6.07, 6.45) is 2.03. The third kappa shape index (κ3) is 3.85. The van der Waals surface area contributed by atoms with Gasteiger partial charge in [-0.05, 0) is 41.4 Å². The van der Waals surface area contributed by atoms with E-state index < -0.39 is 0 Å². The van der Waals surface area contributed by atoms with Gasteiger partial charge in [-0.15, -0.1) is 0 Å². The van der Waals surface area contributed by atoms with Gasteiger partial charge in [0.15, 0.2) is 0 Å². The Bertz CT molecular complexity index is 356. The number of rotatable bonds is 4. The third-order valence-electron chi connectivity index (χ3n) is 3.56. The van der Waals surface area contributed by atoms with E-state index in [1.807, 2.05) is 0 Å². The van der Waals surface area contributed by atoms with Gasteiger partial charge in [0.05, 0.1) is 0 Å². The van der Waals surface area contributed by atoms with Gasteiger partial charge in [-0.1, -0.05) is 52.3 Å². The molecule has 1 heteroatoms. The quantitative estimate of drug-likeness (QED) is 0.839. The van der Waals surface area contributed by atoms with E-state index in [1.165, 1.54) is 16.7 Å². The minimum Gasteiger partial charge on any atom is -0.396 e. The Hall–Kier alpha value is -0.820. The van der Waals surface area contributed by atoms with Crippen molar-refractivity contribution in [2.24, 2.45) is 5.92 Å². The maximum absolute atomic E-state index is 9.31. The largest absolute Gasteiger partial charge is 0.396 e. The Morgan fingerprint density at radius 1 is 1.24 bits per heavy atom. The maximum Gasteiger partial charge on any atom is 0.0462 e. The van der Waals surface area contributed by atoms with Gasteiger partial charge in [-0.2, -0.15) is 0 Å². The lowest BCUT2D eigenvalue weighted by Gasteiger charge is -2.22. The molecule has 1 atom stereocenters. The number of benzene rings is 1. The number of hydrogen-bond donors (Lipinski definition) is 1. The average Bonchev–Trinajstić information content (AvgIpc) is 2.26. The highest BCUT2D eigenvalue weighted by Crippen LogP contribution is 2.26. The summed E-state index contributed by atoms with van der Waals surface area (Å²) < 4.78 is 0. The Labute approximate surface area is 106 Å². The van der Waals surface area contributed by atoms with Crippen molar-refractivity contribution >= 4 is 0 Å². The third-order valence-corrected chi connectivity index (χ3v) is 3.56. The van der Waals surface area contributed by atoms with E-state index in [2.05, 4.69) is 52.8 Å². The zero-order valence-corrected chi connectivity index (χ0v) is 11.9. The fourth-order valence-electron chi connectivity index (χ4n) is 2.01. The van der Waals surface area contributed by atoms with Crippen LogP contribution < -0.4 is 0 Å². The predicted octanol–water partition coefficient (Wildman–Crippen LogP) is 3.85. The Morgan fingerprint density at radius 2 is 1.88 bits per heavy atom. The van der Waals surface area contributed by atoms with Crippen LogP contribution in [0.4, 0.5) is 0 Å². The molecule has 1 nitrogen and oxygen atoms in total. The van der Waals surface area contributed by atoms with Crippen molar-refractivity contribution in [3.63, 3.8) is 0 Å². The van der Waals surface area contributed by atoms with Crippen molar-refractivity contribution in [3.05, 3.63) is 34.9 Å². The van der Waals surface area contributed by atoms with Gasteiger partial charge < -0.3 is 5.11 Å². The van der Waals surface area contributed by atoms with Crippen molar-refractivity contribution in [1.29, 1.82) is 0 Å². The summed E-state index contributed by atoms with van der Waals surface area (Å²) in [5.74, 6) is 0.393. The van der Waals surface area contributed by atoms with E-state index in [4.69, 9.17) is 0 Å². The minimum absolute atomic E-state index is 0.198. The fourth-order valence-corrected chi connectivity index (χ4v) is 2.01. The van der Waals surface area contributed by atoms with Crippen LogP contribution in [0, 0.1) is 12.8 Å². The van der Waals surface area contributed by atoms with Crippen LogP contribution in [0.2, 0.25) is 0 Å². The molecule has 0 amide bonds. The molecule has 0 heterocycles. The van der Waals surface area contributed by atoms with Gasteiger partial charge in [0.1, 0.15) is 0 Å². The van der Waals surface area contributed by atoms with Gasteiger partial charge in [0, 0.05) is 6.61 Å². The lowest BCUT2D eigenvalue weighted by molar-refractivity contribution is 0.222. The van der Waals surface area contributed by atoms with E-state index in [-0.39, 0.29) is 12.0 Å². The standard InChI is InChI=1S/C16H26O/c1-6-13(11-17)9-14-10-15(16(3,4)5)8-7-12(14)2/h7-8,10,13,17H,6,9,11H2,1-5H3. The highest BCUT2D eigenvalue weighted by atomic mass is 16.3.